The molecule has 0 radical (unpaired) electrons. The van der Waals surface area contributed by atoms with Crippen molar-refractivity contribution in [2.24, 2.45) is 5.11 Å². The van der Waals surface area contributed by atoms with Gasteiger partial charge < -0.3 is 15.2 Å². The molecule has 0 aromatic heterocycles. The van der Waals surface area contributed by atoms with E-state index in [1.165, 1.54) is 0 Å². The molecule has 0 fully saturated rings. The summed E-state index contributed by atoms with van der Waals surface area (Å²) < 4.78 is 4.90. The molecule has 0 saturated carbocycles. The van der Waals surface area contributed by atoms with Gasteiger partial charge in [-0.3, -0.25) is 0 Å². The molecule has 8 nitrogen and oxygen atoms in total. The third-order valence-electron chi connectivity index (χ3n) is 2.38. The minimum Gasteiger partial charge on any atom is -0.480 e. The fraction of sp³-hybridized carbons (Fsp3) is 0.333. The Labute approximate surface area is 115 Å². The molecule has 0 aliphatic heterocycles. The Balaban J connectivity index is 2.41. The van der Waals surface area contributed by atoms with Crippen LogP contribution in [0, 0.1) is 0 Å². The Bertz CT molecular complexity index is 499. The lowest BCUT2D eigenvalue weighted by Gasteiger charge is -2.13. The molecule has 106 valence electrons. The summed E-state index contributed by atoms with van der Waals surface area (Å²) in [5.74, 6) is -1.21. The fourth-order valence-electron chi connectivity index (χ4n) is 1.40. The Kier molecular flexibility index (Phi) is 6.43. The van der Waals surface area contributed by atoms with Crippen LogP contribution in [0.1, 0.15) is 12.0 Å². The van der Waals surface area contributed by atoms with Crippen LogP contribution in [-0.2, 0) is 16.1 Å². The van der Waals surface area contributed by atoms with Gasteiger partial charge >= 0.3 is 12.1 Å². The molecule has 0 spiro atoms. The first-order valence-electron chi connectivity index (χ1n) is 5.84. The van der Waals surface area contributed by atoms with Crippen LogP contribution in [0.4, 0.5) is 4.79 Å². The SMILES string of the molecule is [N-]=[N+]=NCC[C@@H](NC(=O)OCc1ccccc1)C(=O)O. The van der Waals surface area contributed by atoms with E-state index in [2.05, 4.69) is 15.3 Å². The van der Waals surface area contributed by atoms with Gasteiger partial charge in [0.1, 0.15) is 12.6 Å². The van der Waals surface area contributed by atoms with E-state index in [9.17, 15) is 9.59 Å². The molecule has 8 heteroatoms. The van der Waals surface area contributed by atoms with Crippen molar-refractivity contribution < 1.29 is 19.4 Å². The first-order chi connectivity index (χ1) is 9.63. The van der Waals surface area contributed by atoms with Gasteiger partial charge in [-0.1, -0.05) is 35.4 Å². The van der Waals surface area contributed by atoms with Crippen molar-refractivity contribution in [3.05, 3.63) is 46.3 Å². The minimum absolute atomic E-state index is 0.000168. The zero-order valence-electron chi connectivity index (χ0n) is 10.6. The summed E-state index contributed by atoms with van der Waals surface area (Å²) in [6.07, 6.45) is -0.831. The summed E-state index contributed by atoms with van der Waals surface area (Å²) in [7, 11) is 0. The van der Waals surface area contributed by atoms with Crippen molar-refractivity contribution in [1.82, 2.24) is 5.32 Å². The summed E-state index contributed by atoms with van der Waals surface area (Å²) in [6, 6.07) is 7.85. The zero-order chi connectivity index (χ0) is 14.8. The second-order valence-electron chi connectivity index (χ2n) is 3.84. The van der Waals surface area contributed by atoms with Crippen molar-refractivity contribution in [2.45, 2.75) is 19.1 Å². The molecular formula is C12H14N4O4. The fourth-order valence-corrected chi connectivity index (χ4v) is 1.40. The van der Waals surface area contributed by atoms with E-state index >= 15 is 0 Å². The number of benzene rings is 1. The normalized spacial score (nSPS) is 11.0. The van der Waals surface area contributed by atoms with Crippen molar-refractivity contribution >= 4 is 12.1 Å². The molecule has 0 aliphatic carbocycles. The van der Waals surface area contributed by atoms with Crippen LogP contribution in [-0.4, -0.2) is 29.8 Å². The number of nitrogens with zero attached hydrogens (tertiary/aromatic N) is 3. The maximum atomic E-state index is 11.5. The average molecular weight is 278 g/mol. The number of carbonyl (C=O) groups is 2. The highest BCUT2D eigenvalue weighted by Crippen LogP contribution is 2.01. The van der Waals surface area contributed by atoms with E-state index in [-0.39, 0.29) is 19.6 Å². The predicted molar refractivity (Wildman–Crippen MR) is 69.8 cm³/mol. The maximum Gasteiger partial charge on any atom is 0.408 e. The summed E-state index contributed by atoms with van der Waals surface area (Å²) in [5.41, 5.74) is 8.90. The summed E-state index contributed by atoms with van der Waals surface area (Å²) in [4.78, 5) is 24.9. The monoisotopic (exact) mass is 278 g/mol. The standard InChI is InChI=1S/C12H14N4O4/c13-16-14-7-6-10(11(17)18)15-12(19)20-8-9-4-2-1-3-5-9/h1-5,10H,6-8H2,(H,15,19)(H,17,18)/t10-/m1/s1. The van der Waals surface area contributed by atoms with E-state index in [4.69, 9.17) is 15.4 Å². The van der Waals surface area contributed by atoms with Crippen LogP contribution in [0.25, 0.3) is 10.4 Å². The third kappa shape index (κ3) is 5.74. The van der Waals surface area contributed by atoms with Crippen LogP contribution >= 0.6 is 0 Å². The number of carboxylic acid groups (broad SMARTS) is 1. The molecule has 1 aromatic carbocycles. The number of rotatable bonds is 7. The third-order valence-corrected chi connectivity index (χ3v) is 2.38. The number of carboxylic acids is 1. The molecule has 0 saturated heterocycles. The average Bonchev–Trinajstić information content (AvgIpc) is 2.45. The molecule has 0 aliphatic rings. The van der Waals surface area contributed by atoms with Crippen molar-refractivity contribution in [1.29, 1.82) is 0 Å². The van der Waals surface area contributed by atoms with Gasteiger partial charge in [0.15, 0.2) is 0 Å². The number of amides is 1. The van der Waals surface area contributed by atoms with E-state index in [1.54, 1.807) is 24.3 Å². The molecule has 2 N–H and O–H groups in total. The largest absolute Gasteiger partial charge is 0.480 e. The lowest BCUT2D eigenvalue weighted by atomic mass is 10.2. The first-order valence-corrected chi connectivity index (χ1v) is 5.84. The zero-order valence-corrected chi connectivity index (χ0v) is 10.6. The molecule has 0 heterocycles. The van der Waals surface area contributed by atoms with Crippen LogP contribution < -0.4 is 5.32 Å². The molecule has 0 bridgehead atoms. The summed E-state index contributed by atoms with van der Waals surface area (Å²) in [6.45, 7) is 0.0296. The lowest BCUT2D eigenvalue weighted by molar-refractivity contribution is -0.139. The molecule has 20 heavy (non-hydrogen) atoms. The van der Waals surface area contributed by atoms with Gasteiger partial charge in [0.2, 0.25) is 0 Å². The lowest BCUT2D eigenvalue weighted by Crippen LogP contribution is -2.41. The van der Waals surface area contributed by atoms with Gasteiger partial charge in [-0.05, 0) is 17.5 Å². The molecule has 1 amide bonds. The smallest absolute Gasteiger partial charge is 0.408 e. The van der Waals surface area contributed by atoms with Gasteiger partial charge in [0, 0.05) is 11.5 Å². The molecule has 1 aromatic rings. The Hall–Kier alpha value is -2.73. The van der Waals surface area contributed by atoms with Crippen LogP contribution in [0.15, 0.2) is 35.4 Å². The molecular weight excluding hydrogens is 264 g/mol. The van der Waals surface area contributed by atoms with Crippen molar-refractivity contribution in [3.8, 4) is 0 Å². The second-order valence-corrected chi connectivity index (χ2v) is 3.84. The van der Waals surface area contributed by atoms with E-state index in [0.29, 0.717) is 0 Å². The number of carbonyl (C=O) groups excluding carboxylic acids is 1. The van der Waals surface area contributed by atoms with Crippen molar-refractivity contribution in [3.63, 3.8) is 0 Å². The molecule has 1 atom stereocenters. The van der Waals surface area contributed by atoms with E-state index in [1.807, 2.05) is 6.07 Å². The van der Waals surface area contributed by atoms with Gasteiger partial charge in [0.25, 0.3) is 0 Å². The number of hydrogen-bond donors (Lipinski definition) is 2. The topological polar surface area (TPSA) is 124 Å². The number of alkyl carbamates (subject to hydrolysis) is 1. The minimum atomic E-state index is -1.21. The molecule has 0 unspecified atom stereocenters. The van der Waals surface area contributed by atoms with Crippen LogP contribution in [0.3, 0.4) is 0 Å². The Morgan fingerprint density at radius 3 is 2.70 bits per heavy atom. The Morgan fingerprint density at radius 2 is 2.10 bits per heavy atom. The highest BCUT2D eigenvalue weighted by molar-refractivity contribution is 5.79. The van der Waals surface area contributed by atoms with Gasteiger partial charge in [-0.25, -0.2) is 9.59 Å². The maximum absolute atomic E-state index is 11.5. The number of nitrogens with one attached hydrogen (secondary N) is 1. The molecule has 1 rings (SSSR count). The van der Waals surface area contributed by atoms with Gasteiger partial charge in [0.05, 0.1) is 0 Å². The van der Waals surface area contributed by atoms with Gasteiger partial charge in [-0.15, -0.1) is 0 Å². The summed E-state index contributed by atoms with van der Waals surface area (Å²) in [5, 5.41) is 14.3. The highest BCUT2D eigenvalue weighted by atomic mass is 16.5. The van der Waals surface area contributed by atoms with Crippen LogP contribution in [0.2, 0.25) is 0 Å². The van der Waals surface area contributed by atoms with Gasteiger partial charge in [-0.2, -0.15) is 0 Å². The van der Waals surface area contributed by atoms with E-state index < -0.39 is 18.1 Å². The summed E-state index contributed by atoms with van der Waals surface area (Å²) >= 11 is 0. The predicted octanol–water partition coefficient (Wildman–Crippen LogP) is 2.07. The Morgan fingerprint density at radius 1 is 1.40 bits per heavy atom. The number of ether oxygens (including phenoxy) is 1. The quantitative estimate of drug-likeness (QED) is 0.450. The highest BCUT2D eigenvalue weighted by Gasteiger charge is 2.19. The van der Waals surface area contributed by atoms with E-state index in [0.717, 1.165) is 5.56 Å². The van der Waals surface area contributed by atoms with Crippen molar-refractivity contribution in [2.75, 3.05) is 6.54 Å². The second kappa shape index (κ2) is 8.39. The number of azide groups is 1. The first kappa shape index (κ1) is 15.3. The van der Waals surface area contributed by atoms with Crippen LogP contribution in [0.5, 0.6) is 0 Å². The number of hydrogen-bond acceptors (Lipinski definition) is 4. The number of aliphatic carboxylic acids is 1.